The van der Waals surface area contributed by atoms with Crippen LogP contribution in [0, 0.1) is 5.92 Å². The average Bonchev–Trinajstić information content (AvgIpc) is 2.83. The summed E-state index contributed by atoms with van der Waals surface area (Å²) in [6.07, 6.45) is -0.832. The maximum absolute atomic E-state index is 13.1. The van der Waals surface area contributed by atoms with Gasteiger partial charge in [0.25, 0.3) is 0 Å². The minimum Gasteiger partial charge on any atom is -0.481 e. The number of amides is 3. The van der Waals surface area contributed by atoms with Crippen molar-refractivity contribution in [1.29, 1.82) is 0 Å². The highest BCUT2D eigenvalue weighted by atomic mass is 16.4. The normalized spacial score (nSPS) is 14.6. The highest BCUT2D eigenvalue weighted by molar-refractivity contribution is 5.94. The largest absolute Gasteiger partial charge is 0.481 e. The third-order valence-electron chi connectivity index (χ3n) is 5.64. The van der Waals surface area contributed by atoms with Crippen molar-refractivity contribution in [2.45, 2.75) is 83.0 Å². The van der Waals surface area contributed by atoms with Crippen molar-refractivity contribution in [2.75, 3.05) is 6.54 Å². The van der Waals surface area contributed by atoms with Gasteiger partial charge in [0, 0.05) is 19.4 Å². The summed E-state index contributed by atoms with van der Waals surface area (Å²) in [5.74, 6) is -7.01. The van der Waals surface area contributed by atoms with Gasteiger partial charge in [0.1, 0.15) is 18.1 Å². The van der Waals surface area contributed by atoms with Gasteiger partial charge < -0.3 is 48.5 Å². The third kappa shape index (κ3) is 14.0. The van der Waals surface area contributed by atoms with Crippen LogP contribution in [0.3, 0.4) is 0 Å². The molecule has 5 atom stereocenters. The van der Waals surface area contributed by atoms with Crippen molar-refractivity contribution in [1.82, 2.24) is 16.0 Å². The second-order valence-corrected chi connectivity index (χ2v) is 8.75. The van der Waals surface area contributed by atoms with E-state index in [1.165, 1.54) is 0 Å². The molecule has 16 nitrogen and oxygen atoms in total. The molecule has 0 heterocycles. The smallest absolute Gasteiger partial charge is 0.326 e. The minimum absolute atomic E-state index is 0.102. The zero-order valence-corrected chi connectivity index (χ0v) is 21.5. The lowest BCUT2D eigenvalue weighted by Crippen LogP contribution is -2.58. The summed E-state index contributed by atoms with van der Waals surface area (Å²) >= 11 is 0. The molecule has 0 radical (unpaired) electrons. The quantitative estimate of drug-likeness (QED) is 0.0469. The first kappa shape index (κ1) is 34.0. The average molecular weight is 546 g/mol. The first-order chi connectivity index (χ1) is 17.7. The molecular weight excluding hydrogens is 506 g/mol. The van der Waals surface area contributed by atoms with Crippen molar-refractivity contribution in [2.24, 2.45) is 28.1 Å². The summed E-state index contributed by atoms with van der Waals surface area (Å²) in [6.45, 7) is 3.69. The number of guanidine groups is 1. The van der Waals surface area contributed by atoms with Gasteiger partial charge in [0.2, 0.25) is 17.7 Å². The van der Waals surface area contributed by atoms with Crippen LogP contribution in [0.5, 0.6) is 0 Å². The van der Waals surface area contributed by atoms with Gasteiger partial charge in [-0.2, -0.15) is 0 Å². The molecule has 0 spiro atoms. The molecule has 0 fully saturated rings. The van der Waals surface area contributed by atoms with Gasteiger partial charge in [-0.25, -0.2) is 4.79 Å². The Bertz CT molecular complexity index is 877. The lowest BCUT2D eigenvalue weighted by Gasteiger charge is -2.28. The summed E-state index contributed by atoms with van der Waals surface area (Å²) in [5, 5.41) is 34.2. The van der Waals surface area contributed by atoms with Crippen LogP contribution in [0.2, 0.25) is 0 Å². The van der Waals surface area contributed by atoms with Crippen LogP contribution in [-0.4, -0.2) is 87.6 Å². The molecule has 38 heavy (non-hydrogen) atoms. The van der Waals surface area contributed by atoms with E-state index in [9.17, 15) is 33.9 Å². The van der Waals surface area contributed by atoms with E-state index in [0.717, 1.165) is 0 Å². The van der Waals surface area contributed by atoms with E-state index in [0.29, 0.717) is 12.8 Å². The van der Waals surface area contributed by atoms with Crippen LogP contribution in [0.1, 0.15) is 58.8 Å². The second-order valence-electron chi connectivity index (χ2n) is 8.75. The topological polar surface area (TPSA) is 290 Å². The number of nitrogens with one attached hydrogen (secondary N) is 3. The number of nitrogens with two attached hydrogens (primary N) is 3. The number of aliphatic imine (C=N–C) groups is 1. The zero-order chi connectivity index (χ0) is 29.4. The molecule has 0 aliphatic rings. The summed E-state index contributed by atoms with van der Waals surface area (Å²) in [6, 6.07) is -5.18. The highest BCUT2D eigenvalue weighted by Gasteiger charge is 2.32. The molecule has 0 aromatic carbocycles. The Kier molecular flexibility index (Phi) is 15.7. The van der Waals surface area contributed by atoms with Crippen LogP contribution in [0.4, 0.5) is 0 Å². The fourth-order valence-corrected chi connectivity index (χ4v) is 3.21. The second kappa shape index (κ2) is 17.5. The molecule has 3 amide bonds. The number of carboxylic acid groups (broad SMARTS) is 3. The molecule has 0 bridgehead atoms. The Labute approximate surface area is 219 Å². The summed E-state index contributed by atoms with van der Waals surface area (Å²) < 4.78 is 0. The number of rotatable bonds is 19. The summed E-state index contributed by atoms with van der Waals surface area (Å²) in [7, 11) is 0. The SMILES string of the molecule is CCC(C)C(NC(=O)C(N)CCCN=C(N)N)C(=O)NC(CCC(=O)O)C(=O)NC(CCC(=O)O)C(=O)O. The standard InChI is InChI=1S/C22H39N7O9/c1-3-11(2)17(29-18(34)12(23)5-4-10-26-22(24)25)20(36)27-13(6-8-15(30)31)19(35)28-14(21(37)38)7-9-16(32)33/h11-14,17H,3-10,23H2,1-2H3,(H,27,36)(H,28,35)(H,29,34)(H,30,31)(H,32,33)(H,37,38)(H4,24,25,26). The van der Waals surface area contributed by atoms with E-state index in [-0.39, 0.29) is 25.3 Å². The molecular formula is C22H39N7O9. The molecule has 0 aliphatic carbocycles. The first-order valence-corrected chi connectivity index (χ1v) is 12.1. The number of aliphatic carboxylic acids is 3. The molecule has 0 saturated carbocycles. The Hall–Kier alpha value is -3.95. The van der Waals surface area contributed by atoms with Crippen molar-refractivity contribution < 1.29 is 44.1 Å². The van der Waals surface area contributed by atoms with Gasteiger partial charge in [0.05, 0.1) is 6.04 Å². The highest BCUT2D eigenvalue weighted by Crippen LogP contribution is 2.11. The molecule has 0 aromatic rings. The van der Waals surface area contributed by atoms with Crippen LogP contribution in [0.25, 0.3) is 0 Å². The lowest BCUT2D eigenvalue weighted by atomic mass is 9.96. The monoisotopic (exact) mass is 545 g/mol. The van der Waals surface area contributed by atoms with E-state index in [1.54, 1.807) is 13.8 Å². The molecule has 12 N–H and O–H groups in total. The number of carboxylic acids is 3. The van der Waals surface area contributed by atoms with E-state index in [1.807, 2.05) is 0 Å². The molecule has 16 heteroatoms. The molecule has 216 valence electrons. The maximum atomic E-state index is 13.1. The van der Waals surface area contributed by atoms with Crippen LogP contribution >= 0.6 is 0 Å². The van der Waals surface area contributed by atoms with Crippen molar-refractivity contribution >= 4 is 41.6 Å². The Morgan fingerprint density at radius 3 is 1.79 bits per heavy atom. The van der Waals surface area contributed by atoms with Crippen molar-refractivity contribution in [3.8, 4) is 0 Å². The van der Waals surface area contributed by atoms with Gasteiger partial charge in [-0.05, 0) is 31.6 Å². The van der Waals surface area contributed by atoms with Gasteiger partial charge in [-0.15, -0.1) is 0 Å². The summed E-state index contributed by atoms with van der Waals surface area (Å²) in [5.41, 5.74) is 16.4. The van der Waals surface area contributed by atoms with E-state index >= 15 is 0 Å². The van der Waals surface area contributed by atoms with E-state index in [4.69, 9.17) is 27.4 Å². The Morgan fingerprint density at radius 2 is 1.32 bits per heavy atom. The molecule has 0 rings (SSSR count). The maximum Gasteiger partial charge on any atom is 0.326 e. The van der Waals surface area contributed by atoms with Gasteiger partial charge in [-0.3, -0.25) is 29.0 Å². The van der Waals surface area contributed by atoms with Gasteiger partial charge in [-0.1, -0.05) is 20.3 Å². The fraction of sp³-hybridized carbons (Fsp3) is 0.682. The number of carbonyl (C=O) groups is 6. The number of carbonyl (C=O) groups excluding carboxylic acids is 3. The van der Waals surface area contributed by atoms with E-state index in [2.05, 4.69) is 20.9 Å². The third-order valence-corrected chi connectivity index (χ3v) is 5.64. The Balaban J connectivity index is 5.55. The van der Waals surface area contributed by atoms with Crippen molar-refractivity contribution in [3.05, 3.63) is 0 Å². The first-order valence-electron chi connectivity index (χ1n) is 12.1. The van der Waals surface area contributed by atoms with Crippen molar-refractivity contribution in [3.63, 3.8) is 0 Å². The predicted octanol–water partition coefficient (Wildman–Crippen LogP) is -2.32. The van der Waals surface area contributed by atoms with E-state index < -0.39 is 85.0 Å². The zero-order valence-electron chi connectivity index (χ0n) is 21.5. The molecule has 0 saturated heterocycles. The van der Waals surface area contributed by atoms with Gasteiger partial charge in [0.15, 0.2) is 5.96 Å². The molecule has 0 aliphatic heterocycles. The Morgan fingerprint density at radius 1 is 0.789 bits per heavy atom. The fourth-order valence-electron chi connectivity index (χ4n) is 3.21. The molecule has 0 aromatic heterocycles. The number of nitrogens with zero attached hydrogens (tertiary/aromatic N) is 1. The predicted molar refractivity (Wildman–Crippen MR) is 135 cm³/mol. The van der Waals surface area contributed by atoms with Crippen LogP contribution < -0.4 is 33.2 Å². The number of hydrogen-bond acceptors (Lipinski definition) is 8. The van der Waals surface area contributed by atoms with Crippen LogP contribution in [-0.2, 0) is 28.8 Å². The number of hydrogen-bond donors (Lipinski definition) is 9. The summed E-state index contributed by atoms with van der Waals surface area (Å²) in [4.78, 5) is 75.6. The molecule has 5 unspecified atom stereocenters. The van der Waals surface area contributed by atoms with Crippen LogP contribution in [0.15, 0.2) is 4.99 Å². The van der Waals surface area contributed by atoms with Gasteiger partial charge >= 0.3 is 17.9 Å². The minimum atomic E-state index is -1.58. The lowest BCUT2D eigenvalue weighted by molar-refractivity contribution is -0.144.